The van der Waals surface area contributed by atoms with Gasteiger partial charge in [-0.05, 0) is 36.4 Å². The summed E-state index contributed by atoms with van der Waals surface area (Å²) in [6.07, 6.45) is -0.850. The number of para-hydroxylation sites is 1. The molecule has 0 unspecified atom stereocenters. The number of piperazine rings is 1. The van der Waals surface area contributed by atoms with Crippen LogP contribution >= 0.6 is 23.1 Å². The average Bonchev–Trinajstić information content (AvgIpc) is 3.49. The van der Waals surface area contributed by atoms with E-state index >= 15 is 0 Å². The number of benzene rings is 1. The first kappa shape index (κ1) is 30.6. The fraction of sp³-hybridized carbons (Fsp3) is 0.522. The zero-order valence-electron chi connectivity index (χ0n) is 21.2. The third-order valence-corrected chi connectivity index (χ3v) is 8.73. The van der Waals surface area contributed by atoms with Gasteiger partial charge in [0.05, 0.1) is 17.1 Å². The predicted octanol–water partition coefficient (Wildman–Crippen LogP) is 3.19. The smallest absolute Gasteiger partial charge is 0.475 e. The molecule has 0 saturated carbocycles. The van der Waals surface area contributed by atoms with Gasteiger partial charge in [0.1, 0.15) is 5.01 Å². The normalized spacial score (nSPS) is 18.0. The monoisotopic (exact) mass is 624 g/mol. The molecule has 0 bridgehead atoms. The minimum atomic E-state index is -5.08. The number of carboxylic acids is 1. The highest BCUT2D eigenvalue weighted by molar-refractivity contribution is 7.86. The summed E-state index contributed by atoms with van der Waals surface area (Å²) in [6.45, 7) is 5.18. The number of carbonyl (C=O) groups is 1. The van der Waals surface area contributed by atoms with Gasteiger partial charge in [-0.25, -0.2) is 14.9 Å². The third-order valence-electron chi connectivity index (χ3n) is 6.65. The van der Waals surface area contributed by atoms with Crippen LogP contribution in [0.25, 0.3) is 22.3 Å². The maximum Gasteiger partial charge on any atom is 0.490 e. The summed E-state index contributed by atoms with van der Waals surface area (Å²) in [4.78, 5) is 15.9. The second kappa shape index (κ2) is 12.7. The molecule has 220 valence electrons. The van der Waals surface area contributed by atoms with Gasteiger partial charge in [0.2, 0.25) is 0 Å². The molecule has 40 heavy (non-hydrogen) atoms. The van der Waals surface area contributed by atoms with Gasteiger partial charge < -0.3 is 14.4 Å². The van der Waals surface area contributed by atoms with E-state index in [0.29, 0.717) is 44.5 Å². The van der Waals surface area contributed by atoms with E-state index in [2.05, 4.69) is 26.1 Å². The Balaban J connectivity index is 0.000000470. The van der Waals surface area contributed by atoms with Crippen molar-refractivity contribution in [3.05, 3.63) is 34.4 Å². The molecule has 3 aromatic rings. The van der Waals surface area contributed by atoms with Crippen LogP contribution in [0.15, 0.2) is 24.4 Å². The van der Waals surface area contributed by atoms with Crippen molar-refractivity contribution in [1.29, 1.82) is 0 Å². The first-order chi connectivity index (χ1) is 18.8. The molecule has 3 N–H and O–H groups in total. The van der Waals surface area contributed by atoms with E-state index < -0.39 is 22.4 Å². The van der Waals surface area contributed by atoms with Crippen LogP contribution in [-0.4, -0.2) is 88.2 Å². The van der Waals surface area contributed by atoms with Crippen LogP contribution in [0.3, 0.4) is 0 Å². The quantitative estimate of drug-likeness (QED) is 0.426. The summed E-state index contributed by atoms with van der Waals surface area (Å²) >= 11 is 8.00. The zero-order valence-corrected chi connectivity index (χ0v) is 23.6. The summed E-state index contributed by atoms with van der Waals surface area (Å²) in [5, 5.41) is 15.1. The number of nitrogens with two attached hydrogens (primary N) is 1. The van der Waals surface area contributed by atoms with E-state index in [9.17, 15) is 21.6 Å². The Morgan fingerprint density at radius 2 is 1.85 bits per heavy atom. The number of aromatic nitrogens is 3. The van der Waals surface area contributed by atoms with Crippen LogP contribution in [0.4, 0.5) is 13.2 Å². The lowest BCUT2D eigenvalue weighted by atomic mass is 10.0. The van der Waals surface area contributed by atoms with Gasteiger partial charge in [-0.3, -0.25) is 4.90 Å². The van der Waals surface area contributed by atoms with Gasteiger partial charge in [-0.15, -0.1) is 0 Å². The van der Waals surface area contributed by atoms with Gasteiger partial charge in [-0.2, -0.15) is 30.3 Å². The SMILES string of the molecule is NS(=O)(=O)N1CCN(Cc2nc(-c3cn(CC4CCOCC4)c4c(Cl)cccc34)ns2)CC1.O=C(O)C(F)(F)F. The van der Waals surface area contributed by atoms with E-state index in [-0.39, 0.29) is 0 Å². The second-order valence-corrected chi connectivity index (χ2v) is 12.2. The number of alkyl halides is 3. The number of aliphatic carboxylic acids is 1. The van der Waals surface area contributed by atoms with Crippen molar-refractivity contribution >= 4 is 50.2 Å². The number of hydrogen-bond donors (Lipinski definition) is 2. The molecule has 0 atom stereocenters. The zero-order chi connectivity index (χ0) is 29.1. The van der Waals surface area contributed by atoms with E-state index in [1.54, 1.807) is 0 Å². The van der Waals surface area contributed by atoms with Crippen LogP contribution in [0.1, 0.15) is 17.8 Å². The minimum Gasteiger partial charge on any atom is -0.475 e. The van der Waals surface area contributed by atoms with Crippen LogP contribution in [-0.2, 0) is 32.8 Å². The van der Waals surface area contributed by atoms with Crippen molar-refractivity contribution in [1.82, 2.24) is 23.1 Å². The van der Waals surface area contributed by atoms with Crippen molar-refractivity contribution in [3.8, 4) is 11.4 Å². The molecule has 2 aliphatic rings. The number of nitrogens with zero attached hydrogens (tertiary/aromatic N) is 5. The summed E-state index contributed by atoms with van der Waals surface area (Å²) in [5.41, 5.74) is 2.01. The lowest BCUT2D eigenvalue weighted by Crippen LogP contribution is -2.50. The number of hydrogen-bond acceptors (Lipinski definition) is 8. The van der Waals surface area contributed by atoms with Gasteiger partial charge in [0.25, 0.3) is 10.2 Å². The average molecular weight is 625 g/mol. The highest BCUT2D eigenvalue weighted by Gasteiger charge is 2.38. The largest absolute Gasteiger partial charge is 0.490 e. The molecule has 0 aliphatic carbocycles. The minimum absolute atomic E-state index is 0.392. The first-order valence-electron chi connectivity index (χ1n) is 12.3. The van der Waals surface area contributed by atoms with Crippen molar-refractivity contribution in [2.75, 3.05) is 39.4 Å². The molecule has 2 aliphatic heterocycles. The fourth-order valence-corrected chi connectivity index (χ4v) is 6.26. The number of carboxylic acid groups (broad SMARTS) is 1. The molecule has 0 radical (unpaired) electrons. The molecule has 2 aromatic heterocycles. The molecule has 4 heterocycles. The molecule has 17 heteroatoms. The summed E-state index contributed by atoms with van der Waals surface area (Å²) in [5.74, 6) is -1.49. The predicted molar refractivity (Wildman–Crippen MR) is 143 cm³/mol. The Labute approximate surface area is 237 Å². The summed E-state index contributed by atoms with van der Waals surface area (Å²) in [7, 11) is -3.63. The summed E-state index contributed by atoms with van der Waals surface area (Å²) in [6, 6.07) is 5.96. The topological polar surface area (TPSA) is 144 Å². The van der Waals surface area contributed by atoms with Crippen LogP contribution < -0.4 is 5.14 Å². The van der Waals surface area contributed by atoms with E-state index in [1.807, 2.05) is 12.1 Å². The Morgan fingerprint density at radius 1 is 1.20 bits per heavy atom. The third kappa shape index (κ3) is 7.69. The molecular formula is C23H28ClF3N6O5S2. The molecule has 5 rings (SSSR count). The van der Waals surface area contributed by atoms with Gasteiger partial charge in [0, 0.05) is 63.1 Å². The maximum atomic E-state index is 11.5. The van der Waals surface area contributed by atoms with Gasteiger partial charge in [-0.1, -0.05) is 23.7 Å². The van der Waals surface area contributed by atoms with Crippen molar-refractivity contribution < 1.29 is 36.2 Å². The first-order valence-corrected chi connectivity index (χ1v) is 15.0. The Hall–Kier alpha value is -2.34. The van der Waals surface area contributed by atoms with Gasteiger partial charge >= 0.3 is 12.1 Å². The highest BCUT2D eigenvalue weighted by Crippen LogP contribution is 2.35. The van der Waals surface area contributed by atoms with Crippen LogP contribution in [0, 0.1) is 5.92 Å². The molecule has 0 spiro atoms. The number of rotatable bonds is 6. The molecule has 0 amide bonds. The molecule has 1 aromatic carbocycles. The molecule has 2 fully saturated rings. The Morgan fingerprint density at radius 3 is 2.45 bits per heavy atom. The molecule has 2 saturated heterocycles. The van der Waals surface area contributed by atoms with Crippen molar-refractivity contribution in [2.24, 2.45) is 11.1 Å². The van der Waals surface area contributed by atoms with Crippen LogP contribution in [0.5, 0.6) is 0 Å². The number of halogens is 4. The lowest BCUT2D eigenvalue weighted by molar-refractivity contribution is -0.192. The molecule has 11 nitrogen and oxygen atoms in total. The standard InChI is InChI=1S/C21H27ClN6O3S2.C2HF3O2/c22-18-3-1-2-16-17(13-27(20(16)18)12-15-4-10-31-11-5-15)21-24-19(32-25-21)14-26-6-8-28(9-7-26)33(23,29)30;3-2(4,5)1(6)7/h1-3,13,15H,4-12,14H2,(H2,23,29,30);(H,6,7). The summed E-state index contributed by atoms with van der Waals surface area (Å²) < 4.78 is 68.5. The van der Waals surface area contributed by atoms with E-state index in [4.69, 9.17) is 36.4 Å². The van der Waals surface area contributed by atoms with Crippen molar-refractivity contribution in [3.63, 3.8) is 0 Å². The lowest BCUT2D eigenvalue weighted by Gasteiger charge is -2.32. The van der Waals surface area contributed by atoms with E-state index in [0.717, 1.165) is 59.1 Å². The maximum absolute atomic E-state index is 11.5. The van der Waals surface area contributed by atoms with Gasteiger partial charge in [0.15, 0.2) is 5.82 Å². The van der Waals surface area contributed by atoms with Crippen molar-refractivity contribution in [2.45, 2.75) is 32.1 Å². The fourth-order valence-electron chi connectivity index (χ4n) is 4.61. The molecular weight excluding hydrogens is 597 g/mol. The second-order valence-electron chi connectivity index (χ2n) is 9.42. The van der Waals surface area contributed by atoms with E-state index in [1.165, 1.54) is 15.8 Å². The Kier molecular flexibility index (Phi) is 9.70. The van der Waals surface area contributed by atoms with Crippen LogP contribution in [0.2, 0.25) is 5.02 Å². The Bertz CT molecular complexity index is 1430. The number of ether oxygens (including phenoxy) is 1. The number of fused-ring (bicyclic) bond motifs is 1. The highest BCUT2D eigenvalue weighted by atomic mass is 35.5.